The first-order valence-corrected chi connectivity index (χ1v) is 50.0. The van der Waals surface area contributed by atoms with Crippen molar-refractivity contribution in [2.75, 3.05) is 194 Å². The Morgan fingerprint density at radius 2 is 0.804 bits per heavy atom. The number of nitrogens with one attached hydrogen (secondary N) is 13. The first kappa shape index (κ1) is 110. The third-order valence-electron chi connectivity index (χ3n) is 25.6. The Hall–Kier alpha value is -15.6. The largest absolute Gasteiger partial charge is 0.506 e. The van der Waals surface area contributed by atoms with Gasteiger partial charge >= 0.3 is 0 Å². The van der Waals surface area contributed by atoms with Crippen LogP contribution in [0.2, 0.25) is 0 Å². The highest BCUT2D eigenvalue weighted by atomic mass is 16.5. The topological polar surface area (TPSA) is 551 Å². The van der Waals surface area contributed by atoms with E-state index in [1.165, 1.54) is 72.8 Å². The number of anilines is 2. The lowest BCUT2D eigenvalue weighted by Gasteiger charge is -2.31. The van der Waals surface area contributed by atoms with Crippen LogP contribution in [0.3, 0.4) is 0 Å². The summed E-state index contributed by atoms with van der Waals surface area (Å²) in [5.41, 5.74) is 3.63. The minimum Gasteiger partial charge on any atom is -0.506 e. The second kappa shape index (κ2) is 56.8. The van der Waals surface area contributed by atoms with Crippen LogP contribution in [0.5, 0.6) is 23.0 Å². The molecule has 14 amide bonds. The zero-order valence-electron chi connectivity index (χ0n) is 82.6. The summed E-state index contributed by atoms with van der Waals surface area (Å²) in [6.07, 6.45) is 4.12. The Morgan fingerprint density at radius 1 is 0.385 bits per heavy atom. The number of aromatic nitrogens is 3. The number of para-hydroxylation sites is 5. The number of ether oxygens (including phenoxy) is 3. The van der Waals surface area contributed by atoms with Crippen LogP contribution < -0.4 is 74.0 Å². The standard InChI is InChI=1S/C106H129N21O21/c128-89(32-14-33-90(129)108-48-62-146-64-66-148-67-65-147-63-61-126-70-75(120-121-126)68-116-91(130)38-39-92(131)119-87-30-15-49-127(88-31-7-6-21-78(87)88)106(145)72-34-36-73(37-35-72)117-104(143)77-20-5-4-19-76(77)71-16-2-1-3-17-71)107-40-9-8-18-74-69-125-56-47-115-102(141)84-27-12-26-83(95(84)134)99(138)111-43-52-123(53-44-114-103(142)85-28-13-29-86(96(85)135)105(144)118-74)58-57-122-50-41-109-97(136)79-22-10-24-81(93(79)132)100(139)112-45-54-124(59-60-125)55-46-113-101(140)82-25-11-23-80(94(82)133)98(137)110-42-51-122/h1-7,10-13,16-17,19-29,31,34-37,70,74,87,132-135H,8-9,14-15,18,30,32-33,38-69H2,(H,107,128)(H,108,129)(H,109,136)(H,110,137)(H,111,138)(H,112,139)(H,113,140)(H,114,142)(H,115,141)(H,116,130)(H,117,143)(H,118,144)(H,119,131). The molecule has 8 aromatic carbocycles. The number of fused-ring (bicyclic) bond motifs is 17. The van der Waals surface area contributed by atoms with Gasteiger partial charge in [-0.1, -0.05) is 96.2 Å². The smallest absolute Gasteiger partial charge is 0.258 e. The van der Waals surface area contributed by atoms with E-state index in [0.717, 1.165) is 16.7 Å². The van der Waals surface area contributed by atoms with Crippen LogP contribution in [0.1, 0.15) is 185 Å². The number of aromatic hydroxyl groups is 4. The average molecular weight is 2030 g/mol. The number of hydrogen-bond donors (Lipinski definition) is 17. The molecule has 148 heavy (non-hydrogen) atoms. The van der Waals surface area contributed by atoms with E-state index in [0.29, 0.717) is 73.6 Å². The van der Waals surface area contributed by atoms with Crippen LogP contribution in [0.15, 0.2) is 182 Å². The zero-order valence-corrected chi connectivity index (χ0v) is 82.6. The summed E-state index contributed by atoms with van der Waals surface area (Å²) in [5, 5.41) is 92.3. The fourth-order valence-corrected chi connectivity index (χ4v) is 17.6. The highest BCUT2D eigenvalue weighted by Crippen LogP contribution is 2.36. The molecule has 42 heteroatoms. The molecular weight excluding hydrogens is 1900 g/mol. The molecule has 4 atom stereocenters. The van der Waals surface area contributed by atoms with Gasteiger partial charge in [0.2, 0.25) is 23.6 Å². The SMILES string of the molecule is O=C(CCCC(=O)NCCOCCOCCOCCn1cc(CNC(=O)CCC(=O)NC2CCCN(C(=O)c3ccc(NC(=O)c4ccccc4-c4ccccc4)cc3)c3ccccc32)nn1)NCCCCC1CN2CCNC(=O)c3cccc(c3O)C(=O)NCCN(CCNC(=O)c3cccc(c3O)C(=O)N1)CCN1CCNC(=O)c3cccc(c3O)C(=O)NCCN(CCNC(=O)c3cccc(c3O)C(=O)NCC1)CC2. The molecule has 784 valence electrons. The number of hydrogen-bond acceptors (Lipinski definition) is 27. The molecule has 12 bridgehead atoms. The number of nitrogens with zero attached hydrogens (tertiary/aromatic N) is 8. The fourth-order valence-electron chi connectivity index (χ4n) is 17.6. The highest BCUT2D eigenvalue weighted by molar-refractivity contribution is 6.11. The Labute approximate surface area is 856 Å². The van der Waals surface area contributed by atoms with Gasteiger partial charge in [-0.05, 0) is 140 Å². The van der Waals surface area contributed by atoms with Gasteiger partial charge in [0.05, 0.1) is 109 Å². The summed E-state index contributed by atoms with van der Waals surface area (Å²) < 4.78 is 18.6. The fraction of sp³-hybridized carbons (Fsp3) is 0.396. The maximum absolute atomic E-state index is 14.7. The van der Waals surface area contributed by atoms with Gasteiger partial charge in [-0.3, -0.25) is 86.7 Å². The summed E-state index contributed by atoms with van der Waals surface area (Å²) in [4.78, 5) is 202. The van der Waals surface area contributed by atoms with E-state index in [9.17, 15) is 87.5 Å². The molecule has 6 heterocycles. The molecule has 5 aliphatic rings. The van der Waals surface area contributed by atoms with Crippen LogP contribution in [0, 0.1) is 0 Å². The van der Waals surface area contributed by atoms with Crippen molar-refractivity contribution in [3.63, 3.8) is 0 Å². The molecular formula is C106H129N21O21. The molecule has 0 aliphatic carbocycles. The van der Waals surface area contributed by atoms with Gasteiger partial charge in [0.25, 0.3) is 59.1 Å². The molecule has 4 unspecified atom stereocenters. The zero-order chi connectivity index (χ0) is 104. The Kier molecular flexibility index (Phi) is 42.0. The summed E-state index contributed by atoms with van der Waals surface area (Å²) >= 11 is 0. The number of carbonyl (C=O) groups is 14. The number of phenolic OH excluding ortho intramolecular Hbond substituents is 4. The third kappa shape index (κ3) is 32.7. The molecule has 0 saturated carbocycles. The molecule has 5 aliphatic heterocycles. The van der Waals surface area contributed by atoms with Crippen molar-refractivity contribution in [1.29, 1.82) is 0 Å². The lowest BCUT2D eigenvalue weighted by molar-refractivity contribution is -0.127. The summed E-state index contributed by atoms with van der Waals surface area (Å²) in [7, 11) is 0. The Bertz CT molecular complexity index is 6020. The Morgan fingerprint density at radius 3 is 1.31 bits per heavy atom. The molecule has 0 saturated heterocycles. The lowest BCUT2D eigenvalue weighted by Crippen LogP contribution is -2.49. The number of phenols is 4. The predicted octanol–water partition coefficient (Wildman–Crippen LogP) is 4.59. The van der Waals surface area contributed by atoms with E-state index in [2.05, 4.69) is 79.4 Å². The number of carbonyl (C=O) groups excluding carboxylic acids is 14. The molecule has 9 aromatic rings. The molecule has 0 radical (unpaired) electrons. The van der Waals surface area contributed by atoms with Gasteiger partial charge < -0.3 is 109 Å². The maximum Gasteiger partial charge on any atom is 0.258 e. The van der Waals surface area contributed by atoms with Crippen molar-refractivity contribution in [2.45, 2.75) is 89.4 Å². The first-order valence-electron chi connectivity index (χ1n) is 50.0. The molecule has 17 N–H and O–H groups in total. The number of benzene rings is 8. The van der Waals surface area contributed by atoms with E-state index in [-0.39, 0.29) is 295 Å². The van der Waals surface area contributed by atoms with Crippen LogP contribution >= 0.6 is 0 Å². The molecule has 0 spiro atoms. The summed E-state index contributed by atoms with van der Waals surface area (Å²) in [6, 6.07) is 46.9. The van der Waals surface area contributed by atoms with Gasteiger partial charge in [-0.15, -0.1) is 5.10 Å². The monoisotopic (exact) mass is 2030 g/mol. The molecule has 42 nitrogen and oxygen atoms in total. The summed E-state index contributed by atoms with van der Waals surface area (Å²) in [5.74, 6) is -9.69. The second-order valence-corrected chi connectivity index (χ2v) is 36.0. The minimum atomic E-state index is -0.766. The van der Waals surface area contributed by atoms with Crippen LogP contribution in [0.25, 0.3) is 11.1 Å². The normalized spacial score (nSPS) is 18.2. The van der Waals surface area contributed by atoms with Crippen molar-refractivity contribution in [3.8, 4) is 34.1 Å². The first-order chi connectivity index (χ1) is 71.9. The van der Waals surface area contributed by atoms with Crippen LogP contribution in [0.4, 0.5) is 11.4 Å². The van der Waals surface area contributed by atoms with Gasteiger partial charge in [0.15, 0.2) is 0 Å². The molecule has 14 rings (SSSR count). The van der Waals surface area contributed by atoms with Crippen molar-refractivity contribution in [1.82, 2.24) is 98.4 Å². The van der Waals surface area contributed by atoms with E-state index < -0.39 is 82.3 Å². The number of rotatable bonds is 31. The van der Waals surface area contributed by atoms with Crippen molar-refractivity contribution < 1.29 is 102 Å². The number of amides is 14. The highest BCUT2D eigenvalue weighted by Gasteiger charge is 2.32. The van der Waals surface area contributed by atoms with E-state index >= 15 is 0 Å². The second-order valence-electron chi connectivity index (χ2n) is 36.0. The van der Waals surface area contributed by atoms with E-state index in [1.54, 1.807) is 46.1 Å². The number of unbranched alkanes of at least 4 members (excludes halogenated alkanes) is 1. The van der Waals surface area contributed by atoms with Gasteiger partial charge in [-0.25, -0.2) is 4.68 Å². The average Bonchev–Trinajstić information content (AvgIpc) is 1.55. The van der Waals surface area contributed by atoms with Gasteiger partial charge in [0.1, 0.15) is 28.7 Å². The van der Waals surface area contributed by atoms with Gasteiger partial charge in [-0.2, -0.15) is 0 Å². The van der Waals surface area contributed by atoms with Crippen LogP contribution in [-0.2, 0) is 46.5 Å². The van der Waals surface area contributed by atoms with Crippen LogP contribution in [-0.4, -0.2) is 327 Å². The predicted molar refractivity (Wildman–Crippen MR) is 548 cm³/mol. The lowest BCUT2D eigenvalue weighted by atomic mass is 9.99. The van der Waals surface area contributed by atoms with E-state index in [4.69, 9.17) is 14.2 Å². The van der Waals surface area contributed by atoms with Gasteiger partial charge in [0, 0.05) is 198 Å². The van der Waals surface area contributed by atoms with Crippen molar-refractivity contribution in [3.05, 3.63) is 249 Å². The maximum atomic E-state index is 14.7. The van der Waals surface area contributed by atoms with E-state index in [1.807, 2.05) is 92.4 Å². The van der Waals surface area contributed by atoms with Crippen molar-refractivity contribution in [2.24, 2.45) is 0 Å². The summed E-state index contributed by atoms with van der Waals surface area (Å²) in [6.45, 7) is 4.19. The Balaban J connectivity index is 0.539. The van der Waals surface area contributed by atoms with Crippen molar-refractivity contribution >= 4 is 94.1 Å². The minimum absolute atomic E-state index is 0.0139. The molecule has 1 aromatic heterocycles. The quantitative estimate of drug-likeness (QED) is 0.0264. The third-order valence-corrected chi connectivity index (χ3v) is 25.6. The molecule has 0 fully saturated rings.